The van der Waals surface area contributed by atoms with Crippen LogP contribution in [0.5, 0.6) is 0 Å². The molecule has 4 rings (SSSR count). The summed E-state index contributed by atoms with van der Waals surface area (Å²) in [5.41, 5.74) is 1.46. The maximum absolute atomic E-state index is 12.8. The maximum Gasteiger partial charge on any atom is 0.274 e. The number of aromatic nitrogens is 4. The minimum atomic E-state index is -0.0213. The monoisotopic (exact) mass is 354 g/mol. The third-order valence-corrected chi connectivity index (χ3v) is 5.17. The van der Waals surface area contributed by atoms with Crippen LogP contribution in [-0.2, 0) is 7.05 Å². The lowest BCUT2D eigenvalue weighted by Crippen LogP contribution is -2.49. The standard InChI is InChI=1S/C17H18N6OS/c1-21-14(15-4-2-11-25-15)12-13(20-21)16(24)22-7-9-23(10-8-22)17-18-5-3-6-19-17/h2-6,11-12H,7-10H2,1H3. The van der Waals surface area contributed by atoms with Crippen molar-refractivity contribution in [1.29, 1.82) is 0 Å². The lowest BCUT2D eigenvalue weighted by atomic mass is 10.2. The van der Waals surface area contributed by atoms with Crippen molar-refractivity contribution in [2.45, 2.75) is 0 Å². The highest BCUT2D eigenvalue weighted by Crippen LogP contribution is 2.25. The van der Waals surface area contributed by atoms with Crippen LogP contribution in [0.1, 0.15) is 10.5 Å². The van der Waals surface area contributed by atoms with Crippen LogP contribution >= 0.6 is 11.3 Å². The predicted molar refractivity (Wildman–Crippen MR) is 96.7 cm³/mol. The van der Waals surface area contributed by atoms with E-state index in [0.29, 0.717) is 24.7 Å². The molecule has 0 unspecified atom stereocenters. The molecule has 1 amide bonds. The Morgan fingerprint density at radius 3 is 2.56 bits per heavy atom. The first-order valence-electron chi connectivity index (χ1n) is 8.11. The van der Waals surface area contributed by atoms with Crippen LogP contribution in [0.3, 0.4) is 0 Å². The molecule has 1 saturated heterocycles. The normalized spacial score (nSPS) is 14.8. The first kappa shape index (κ1) is 15.8. The quantitative estimate of drug-likeness (QED) is 0.719. The number of amides is 1. The maximum atomic E-state index is 12.8. The summed E-state index contributed by atoms with van der Waals surface area (Å²) < 4.78 is 1.77. The zero-order valence-corrected chi connectivity index (χ0v) is 14.7. The van der Waals surface area contributed by atoms with Gasteiger partial charge in [-0.15, -0.1) is 11.3 Å². The Hall–Kier alpha value is -2.74. The summed E-state index contributed by atoms with van der Waals surface area (Å²) in [6, 6.07) is 7.71. The van der Waals surface area contributed by atoms with Crippen molar-refractivity contribution in [2.75, 3.05) is 31.1 Å². The lowest BCUT2D eigenvalue weighted by molar-refractivity contribution is 0.0739. The number of piperazine rings is 1. The molecule has 0 N–H and O–H groups in total. The van der Waals surface area contributed by atoms with Gasteiger partial charge in [-0.1, -0.05) is 6.07 Å². The van der Waals surface area contributed by atoms with Crippen molar-refractivity contribution in [3.8, 4) is 10.6 Å². The number of rotatable bonds is 3. The summed E-state index contributed by atoms with van der Waals surface area (Å²) in [5, 5.41) is 6.44. The van der Waals surface area contributed by atoms with Crippen LogP contribution in [0.4, 0.5) is 5.95 Å². The second-order valence-electron chi connectivity index (χ2n) is 5.84. The summed E-state index contributed by atoms with van der Waals surface area (Å²) >= 11 is 1.64. The number of nitrogens with zero attached hydrogens (tertiary/aromatic N) is 6. The average Bonchev–Trinajstić information content (AvgIpc) is 3.31. The Bertz CT molecular complexity index is 853. The largest absolute Gasteiger partial charge is 0.337 e. The highest BCUT2D eigenvalue weighted by Gasteiger charge is 2.25. The summed E-state index contributed by atoms with van der Waals surface area (Å²) in [4.78, 5) is 26.4. The van der Waals surface area contributed by atoms with Gasteiger partial charge < -0.3 is 9.80 Å². The van der Waals surface area contributed by atoms with Crippen molar-refractivity contribution < 1.29 is 4.79 Å². The van der Waals surface area contributed by atoms with Crippen molar-refractivity contribution in [2.24, 2.45) is 7.05 Å². The van der Waals surface area contributed by atoms with Gasteiger partial charge in [0.1, 0.15) is 0 Å². The van der Waals surface area contributed by atoms with Crippen LogP contribution < -0.4 is 4.90 Å². The van der Waals surface area contributed by atoms with Crippen LogP contribution in [0.15, 0.2) is 42.0 Å². The van der Waals surface area contributed by atoms with Crippen LogP contribution in [0, 0.1) is 0 Å². The van der Waals surface area contributed by atoms with Crippen molar-refractivity contribution in [1.82, 2.24) is 24.6 Å². The molecule has 0 aliphatic carbocycles. The van der Waals surface area contributed by atoms with E-state index in [1.54, 1.807) is 34.5 Å². The molecule has 0 atom stereocenters. The smallest absolute Gasteiger partial charge is 0.274 e. The predicted octanol–water partition coefficient (Wildman–Crippen LogP) is 1.90. The van der Waals surface area contributed by atoms with E-state index >= 15 is 0 Å². The van der Waals surface area contributed by atoms with E-state index in [9.17, 15) is 4.79 Å². The van der Waals surface area contributed by atoms with Gasteiger partial charge >= 0.3 is 0 Å². The molecule has 0 spiro atoms. The first-order valence-corrected chi connectivity index (χ1v) is 8.99. The Kier molecular flexibility index (Phi) is 4.19. The molecule has 1 aliphatic heterocycles. The number of hydrogen-bond acceptors (Lipinski definition) is 6. The van der Waals surface area contributed by atoms with E-state index in [-0.39, 0.29) is 5.91 Å². The number of thiophene rings is 1. The molecule has 25 heavy (non-hydrogen) atoms. The Labute approximate surface area is 149 Å². The van der Waals surface area contributed by atoms with Crippen LogP contribution in [0.2, 0.25) is 0 Å². The van der Waals surface area contributed by atoms with Gasteiger partial charge in [0.25, 0.3) is 5.91 Å². The molecule has 128 valence electrons. The van der Waals surface area contributed by atoms with Gasteiger partial charge in [-0.3, -0.25) is 9.48 Å². The van der Waals surface area contributed by atoms with Crippen molar-refractivity contribution in [3.63, 3.8) is 0 Å². The lowest BCUT2D eigenvalue weighted by Gasteiger charge is -2.34. The van der Waals surface area contributed by atoms with Crippen molar-refractivity contribution in [3.05, 3.63) is 47.7 Å². The Morgan fingerprint density at radius 1 is 1.12 bits per heavy atom. The van der Waals surface area contributed by atoms with E-state index in [1.807, 2.05) is 35.5 Å². The molecule has 0 aromatic carbocycles. The second-order valence-corrected chi connectivity index (χ2v) is 6.79. The molecule has 0 saturated carbocycles. The molecule has 7 nitrogen and oxygen atoms in total. The minimum absolute atomic E-state index is 0.0213. The van der Waals surface area contributed by atoms with Gasteiger partial charge in [0.2, 0.25) is 5.95 Å². The summed E-state index contributed by atoms with van der Waals surface area (Å²) in [5.74, 6) is 0.694. The molecule has 0 bridgehead atoms. The molecule has 8 heteroatoms. The van der Waals surface area contributed by atoms with E-state index in [2.05, 4.69) is 20.0 Å². The summed E-state index contributed by atoms with van der Waals surface area (Å²) in [6.45, 7) is 2.73. The highest BCUT2D eigenvalue weighted by atomic mass is 32.1. The average molecular weight is 354 g/mol. The molecule has 1 fully saturated rings. The summed E-state index contributed by atoms with van der Waals surface area (Å²) in [7, 11) is 1.87. The molecule has 3 aromatic heterocycles. The molecule has 1 aliphatic rings. The number of carbonyl (C=O) groups excluding carboxylic acids is 1. The molecule has 4 heterocycles. The van der Waals surface area contributed by atoms with Crippen molar-refractivity contribution >= 4 is 23.2 Å². The van der Waals surface area contributed by atoms with E-state index in [1.165, 1.54) is 0 Å². The van der Waals surface area contributed by atoms with E-state index in [0.717, 1.165) is 23.7 Å². The van der Waals surface area contributed by atoms with Gasteiger partial charge in [0.05, 0.1) is 10.6 Å². The fourth-order valence-corrected chi connectivity index (χ4v) is 3.73. The van der Waals surface area contributed by atoms with E-state index in [4.69, 9.17) is 0 Å². The Balaban J connectivity index is 1.45. The van der Waals surface area contributed by atoms with Crippen LogP contribution in [0.25, 0.3) is 10.6 Å². The zero-order chi connectivity index (χ0) is 17.2. The van der Waals surface area contributed by atoms with Gasteiger partial charge in [0, 0.05) is 45.6 Å². The highest BCUT2D eigenvalue weighted by molar-refractivity contribution is 7.13. The topological polar surface area (TPSA) is 67.2 Å². The van der Waals surface area contributed by atoms with Gasteiger partial charge in [-0.05, 0) is 23.6 Å². The number of carbonyl (C=O) groups is 1. The molecule has 0 radical (unpaired) electrons. The molecular formula is C17H18N6OS. The Morgan fingerprint density at radius 2 is 1.88 bits per heavy atom. The van der Waals surface area contributed by atoms with Gasteiger partial charge in [-0.25, -0.2) is 9.97 Å². The molecule has 3 aromatic rings. The fraction of sp³-hybridized carbons (Fsp3) is 0.294. The van der Waals surface area contributed by atoms with Gasteiger partial charge in [0.15, 0.2) is 5.69 Å². The number of hydrogen-bond donors (Lipinski definition) is 0. The molecular weight excluding hydrogens is 336 g/mol. The fourth-order valence-electron chi connectivity index (χ4n) is 2.95. The third-order valence-electron chi connectivity index (χ3n) is 4.27. The first-order chi connectivity index (χ1) is 12.2. The minimum Gasteiger partial charge on any atom is -0.337 e. The van der Waals surface area contributed by atoms with E-state index < -0.39 is 0 Å². The second kappa shape index (κ2) is 6.64. The third kappa shape index (κ3) is 3.12. The number of aryl methyl sites for hydroxylation is 1. The summed E-state index contributed by atoms with van der Waals surface area (Å²) in [6.07, 6.45) is 3.47. The number of anilines is 1. The zero-order valence-electron chi connectivity index (χ0n) is 13.9. The SMILES string of the molecule is Cn1nc(C(=O)N2CCN(c3ncccn3)CC2)cc1-c1cccs1. The van der Waals surface area contributed by atoms with Crippen LogP contribution in [-0.4, -0.2) is 56.7 Å². The van der Waals surface area contributed by atoms with Gasteiger partial charge in [-0.2, -0.15) is 5.10 Å².